The third-order valence-corrected chi connectivity index (χ3v) is 12.3. The van der Waals surface area contributed by atoms with Gasteiger partial charge in [-0.05, 0) is 80.8 Å². The Morgan fingerprint density at radius 1 is 0.820 bits per heavy atom. The topological polar surface area (TPSA) is 164 Å². The van der Waals surface area contributed by atoms with Crippen LogP contribution >= 0.6 is 8.53 Å². The average Bonchev–Trinajstić information content (AvgIpc) is 3.59. The highest BCUT2D eigenvalue weighted by Gasteiger charge is 2.53. The minimum atomic E-state index is -1.96. The molecule has 2 heterocycles. The van der Waals surface area contributed by atoms with Crippen molar-refractivity contribution in [3.63, 3.8) is 0 Å². The van der Waals surface area contributed by atoms with Gasteiger partial charge in [0.25, 0.3) is 14.1 Å². The number of carbonyl (C=O) groups excluding carboxylic acids is 1. The van der Waals surface area contributed by atoms with Gasteiger partial charge >= 0.3 is 11.7 Å². The van der Waals surface area contributed by atoms with Crippen LogP contribution in [0.25, 0.3) is 0 Å². The van der Waals surface area contributed by atoms with Crippen molar-refractivity contribution < 1.29 is 37.5 Å². The molecule has 1 aromatic heterocycles. The second-order valence-corrected chi connectivity index (χ2v) is 16.2. The molecule has 0 amide bonds. The standard InChI is InChI=1S/C46H51N4O10P/c1-31(2)50(32(3)4)61(57-29-13-27-47)60-41-39(58-43(49-28-26-40(51)48-45(49)53)42(41)59-44(52)33-14-9-7-10-15-33)30-56-46(34-16-11-8-12-17-34,35-18-22-37(54-5)23-19-35)36-20-24-38(55-6)25-21-36/h7-12,14-26,28,31-32,39,41-43H,13,29-30H2,1-6H3,(H,48,51,53)/t39-,41-,42-,43-,61?/m1/s1. The van der Waals surface area contributed by atoms with E-state index in [1.807, 2.05) is 111 Å². The first-order chi connectivity index (χ1) is 29.5. The van der Waals surface area contributed by atoms with E-state index in [9.17, 15) is 19.6 Å². The third kappa shape index (κ3) is 10.3. The van der Waals surface area contributed by atoms with Crippen molar-refractivity contribution in [1.29, 1.82) is 5.26 Å². The van der Waals surface area contributed by atoms with Gasteiger partial charge in [-0.15, -0.1) is 0 Å². The van der Waals surface area contributed by atoms with Crippen LogP contribution in [0.1, 0.15) is 67.4 Å². The van der Waals surface area contributed by atoms with Gasteiger partial charge in [0.1, 0.15) is 29.3 Å². The predicted octanol–water partition coefficient (Wildman–Crippen LogP) is 7.35. The molecule has 1 unspecified atom stereocenters. The lowest BCUT2D eigenvalue weighted by Crippen LogP contribution is -2.44. The summed E-state index contributed by atoms with van der Waals surface area (Å²) in [5.74, 6) is 0.603. The molecule has 0 saturated carbocycles. The van der Waals surface area contributed by atoms with Crippen molar-refractivity contribution >= 4 is 14.5 Å². The maximum absolute atomic E-state index is 14.0. The Bertz CT molecular complexity index is 2280. The van der Waals surface area contributed by atoms with Crippen LogP contribution in [0, 0.1) is 11.3 Å². The molecule has 1 aliphatic rings. The molecule has 0 aliphatic carbocycles. The van der Waals surface area contributed by atoms with E-state index in [2.05, 4.69) is 11.1 Å². The number of methoxy groups -OCH3 is 2. The van der Waals surface area contributed by atoms with Gasteiger partial charge in [-0.25, -0.2) is 14.3 Å². The second kappa shape index (κ2) is 20.7. The maximum atomic E-state index is 14.0. The van der Waals surface area contributed by atoms with E-state index in [1.165, 1.54) is 16.8 Å². The molecule has 1 fully saturated rings. The number of aromatic amines is 1. The Hall–Kier alpha value is -5.65. The Labute approximate surface area is 356 Å². The molecular weight excluding hydrogens is 799 g/mol. The zero-order valence-corrected chi connectivity index (χ0v) is 35.9. The minimum Gasteiger partial charge on any atom is -0.497 e. The van der Waals surface area contributed by atoms with E-state index in [0.717, 1.165) is 16.7 Å². The quantitative estimate of drug-likeness (QED) is 0.0381. The number of nitriles is 1. The molecule has 0 spiro atoms. The molecule has 5 atom stereocenters. The Balaban J connectivity index is 1.53. The van der Waals surface area contributed by atoms with Crippen LogP contribution in [-0.2, 0) is 28.9 Å². The Kier molecular flexibility index (Phi) is 15.3. The predicted molar refractivity (Wildman–Crippen MR) is 229 cm³/mol. The molecule has 61 heavy (non-hydrogen) atoms. The lowest BCUT2D eigenvalue weighted by Gasteiger charge is -2.39. The molecule has 5 aromatic rings. The van der Waals surface area contributed by atoms with Gasteiger partial charge in [-0.3, -0.25) is 14.3 Å². The first kappa shape index (κ1) is 44.9. The van der Waals surface area contributed by atoms with Crippen molar-refractivity contribution in [2.75, 3.05) is 27.4 Å². The fourth-order valence-corrected chi connectivity index (χ4v) is 9.16. The molecule has 6 rings (SSSR count). The van der Waals surface area contributed by atoms with Crippen LogP contribution in [0.4, 0.5) is 0 Å². The average molecular weight is 851 g/mol. The lowest BCUT2D eigenvalue weighted by molar-refractivity contribution is -0.0951. The van der Waals surface area contributed by atoms with Crippen molar-refractivity contribution in [2.45, 2.75) is 76.3 Å². The smallest absolute Gasteiger partial charge is 0.338 e. The number of nitrogens with zero attached hydrogens (tertiary/aromatic N) is 3. The van der Waals surface area contributed by atoms with Gasteiger partial charge in [0.05, 0.1) is 45.5 Å². The van der Waals surface area contributed by atoms with Crippen LogP contribution in [0.15, 0.2) is 131 Å². The monoisotopic (exact) mass is 850 g/mol. The highest BCUT2D eigenvalue weighted by molar-refractivity contribution is 7.44. The summed E-state index contributed by atoms with van der Waals surface area (Å²) in [7, 11) is 1.24. The number of rotatable bonds is 19. The summed E-state index contributed by atoms with van der Waals surface area (Å²) < 4.78 is 48.1. The fourth-order valence-electron chi connectivity index (χ4n) is 7.39. The number of H-pyrrole nitrogens is 1. The summed E-state index contributed by atoms with van der Waals surface area (Å²) in [6.07, 6.45) is -3.37. The number of hydrogen-bond acceptors (Lipinski definition) is 12. The number of esters is 1. The number of aromatic nitrogens is 2. The molecular formula is C46H51N4O10P. The first-order valence-corrected chi connectivity index (χ1v) is 21.1. The normalized spacial score (nSPS) is 18.2. The van der Waals surface area contributed by atoms with Crippen LogP contribution in [0.3, 0.4) is 0 Å². The van der Waals surface area contributed by atoms with Crippen molar-refractivity contribution in [3.8, 4) is 17.6 Å². The number of hydrogen-bond donors (Lipinski definition) is 1. The summed E-state index contributed by atoms with van der Waals surface area (Å²) >= 11 is 0. The van der Waals surface area contributed by atoms with Gasteiger partial charge in [-0.2, -0.15) is 5.26 Å². The molecule has 320 valence electrons. The van der Waals surface area contributed by atoms with Crippen molar-refractivity contribution in [1.82, 2.24) is 14.2 Å². The van der Waals surface area contributed by atoms with Crippen molar-refractivity contribution in [2.24, 2.45) is 0 Å². The summed E-state index contributed by atoms with van der Waals surface area (Å²) in [6, 6.07) is 36.4. The number of benzene rings is 4. The van der Waals surface area contributed by atoms with Crippen LogP contribution in [0.2, 0.25) is 0 Å². The van der Waals surface area contributed by atoms with Gasteiger partial charge < -0.3 is 32.7 Å². The SMILES string of the molecule is COc1ccc(C(OC[C@H]2O[C@@H](n3ccc(=O)[nH]c3=O)[C@H](OC(=O)c3ccccc3)[C@@H]2OP(OCCC#N)N(C(C)C)C(C)C)(c2ccccc2)c2ccc(OC)cc2)cc1. The minimum absolute atomic E-state index is 0.0657. The zero-order valence-electron chi connectivity index (χ0n) is 35.0. The van der Waals surface area contributed by atoms with E-state index in [-0.39, 0.29) is 37.3 Å². The molecule has 1 N–H and O–H groups in total. The zero-order chi connectivity index (χ0) is 43.5. The van der Waals surface area contributed by atoms with Crippen LogP contribution < -0.4 is 20.7 Å². The Morgan fingerprint density at radius 3 is 1.90 bits per heavy atom. The Morgan fingerprint density at radius 2 is 1.38 bits per heavy atom. The first-order valence-electron chi connectivity index (χ1n) is 20.0. The summed E-state index contributed by atoms with van der Waals surface area (Å²) in [5.41, 5.74) is -0.125. The maximum Gasteiger partial charge on any atom is 0.338 e. The summed E-state index contributed by atoms with van der Waals surface area (Å²) in [6.45, 7) is 7.90. The van der Waals surface area contributed by atoms with Gasteiger partial charge in [0.2, 0.25) is 0 Å². The van der Waals surface area contributed by atoms with Crippen LogP contribution in [0.5, 0.6) is 11.5 Å². The van der Waals surface area contributed by atoms with Gasteiger partial charge in [0, 0.05) is 24.3 Å². The number of carbonyl (C=O) groups is 1. The summed E-state index contributed by atoms with van der Waals surface area (Å²) in [5, 5.41) is 9.46. The molecule has 1 aliphatic heterocycles. The summed E-state index contributed by atoms with van der Waals surface area (Å²) in [4.78, 5) is 42.1. The molecule has 1 saturated heterocycles. The van der Waals surface area contributed by atoms with E-state index in [1.54, 1.807) is 44.6 Å². The van der Waals surface area contributed by atoms with E-state index in [0.29, 0.717) is 11.5 Å². The van der Waals surface area contributed by atoms with E-state index < -0.39 is 55.9 Å². The highest BCUT2D eigenvalue weighted by atomic mass is 31.2. The highest BCUT2D eigenvalue weighted by Crippen LogP contribution is 2.51. The lowest BCUT2D eigenvalue weighted by atomic mass is 9.80. The van der Waals surface area contributed by atoms with E-state index >= 15 is 0 Å². The largest absolute Gasteiger partial charge is 0.497 e. The second-order valence-electron chi connectivity index (χ2n) is 14.8. The van der Waals surface area contributed by atoms with Crippen LogP contribution in [-0.4, -0.2) is 78.0 Å². The molecule has 15 heteroatoms. The van der Waals surface area contributed by atoms with E-state index in [4.69, 9.17) is 32.7 Å². The third-order valence-electron chi connectivity index (χ3n) is 10.2. The molecule has 0 radical (unpaired) electrons. The number of ether oxygens (including phenoxy) is 5. The molecule has 14 nitrogen and oxygen atoms in total. The number of nitrogens with one attached hydrogen (secondary N) is 1. The van der Waals surface area contributed by atoms with Gasteiger partial charge in [0.15, 0.2) is 12.3 Å². The van der Waals surface area contributed by atoms with Gasteiger partial charge in [-0.1, -0.05) is 72.8 Å². The molecule has 4 aromatic carbocycles. The molecule has 0 bridgehead atoms. The van der Waals surface area contributed by atoms with Crippen molar-refractivity contribution in [3.05, 3.63) is 165 Å². The fraction of sp³-hybridized carbons (Fsp3) is 0.348.